The summed E-state index contributed by atoms with van der Waals surface area (Å²) in [4.78, 5) is 26.4. The second-order valence-corrected chi connectivity index (χ2v) is 8.21. The molecule has 2 aromatic rings. The molecule has 1 aliphatic heterocycles. The summed E-state index contributed by atoms with van der Waals surface area (Å²) >= 11 is 0. The van der Waals surface area contributed by atoms with Crippen molar-refractivity contribution in [3.05, 3.63) is 59.2 Å². The van der Waals surface area contributed by atoms with Gasteiger partial charge in [-0.3, -0.25) is 4.90 Å². The van der Waals surface area contributed by atoms with Gasteiger partial charge in [0.25, 0.3) is 0 Å². The highest BCUT2D eigenvalue weighted by molar-refractivity contribution is 5.82. The molecule has 0 unspecified atom stereocenters. The lowest BCUT2D eigenvalue weighted by Crippen LogP contribution is -2.50. The summed E-state index contributed by atoms with van der Waals surface area (Å²) in [6.45, 7) is 5.71. The Bertz CT molecular complexity index is 919. The molecule has 3 rings (SSSR count). The number of nitrogens with zero attached hydrogens (tertiary/aromatic N) is 1. The highest BCUT2D eigenvalue weighted by atomic mass is 16.6. The molecule has 160 valence electrons. The molecular formula is C23H27NO6. The number of benzene rings is 2. The molecule has 7 heteroatoms. The first-order chi connectivity index (χ1) is 14.2. The van der Waals surface area contributed by atoms with Crippen molar-refractivity contribution in [3.63, 3.8) is 0 Å². The zero-order valence-electron chi connectivity index (χ0n) is 17.7. The number of aromatic hydroxyl groups is 1. The lowest BCUT2D eigenvalue weighted by molar-refractivity contribution is -0.147. The Labute approximate surface area is 176 Å². The second kappa shape index (κ2) is 8.65. The number of fused-ring (bicyclic) bond motifs is 1. The topological polar surface area (TPSA) is 85.3 Å². The first-order valence-corrected chi connectivity index (χ1v) is 9.77. The molecular weight excluding hydrogens is 386 g/mol. The van der Waals surface area contributed by atoms with Crippen molar-refractivity contribution < 1.29 is 28.9 Å². The first-order valence-electron chi connectivity index (χ1n) is 9.77. The zero-order valence-corrected chi connectivity index (χ0v) is 17.7. The summed E-state index contributed by atoms with van der Waals surface area (Å²) in [7, 11) is 1.29. The molecule has 0 saturated heterocycles. The predicted molar refractivity (Wildman–Crippen MR) is 110 cm³/mol. The SMILES string of the molecule is COC(=O)[C@@H]1Cc2cc(OCc3ccccc3)c(O)cc2CN1C(=O)OC(C)(C)C. The van der Waals surface area contributed by atoms with Gasteiger partial charge in [0.15, 0.2) is 11.5 Å². The van der Waals surface area contributed by atoms with E-state index in [4.69, 9.17) is 14.2 Å². The Balaban J connectivity index is 1.85. The number of hydrogen-bond acceptors (Lipinski definition) is 6. The van der Waals surface area contributed by atoms with E-state index in [1.54, 1.807) is 32.9 Å². The van der Waals surface area contributed by atoms with E-state index in [0.717, 1.165) is 16.7 Å². The number of rotatable bonds is 4. The van der Waals surface area contributed by atoms with Crippen LogP contribution < -0.4 is 4.74 Å². The van der Waals surface area contributed by atoms with Gasteiger partial charge in [0, 0.05) is 6.42 Å². The summed E-state index contributed by atoms with van der Waals surface area (Å²) in [5.74, 6) is -0.219. The molecule has 7 nitrogen and oxygen atoms in total. The van der Waals surface area contributed by atoms with Crippen LogP contribution in [0.3, 0.4) is 0 Å². The number of carbonyl (C=O) groups is 2. The van der Waals surface area contributed by atoms with Crippen LogP contribution in [-0.4, -0.2) is 40.8 Å². The smallest absolute Gasteiger partial charge is 0.411 e. The largest absolute Gasteiger partial charge is 0.504 e. The number of ether oxygens (including phenoxy) is 3. The third-order valence-electron chi connectivity index (χ3n) is 4.75. The van der Waals surface area contributed by atoms with Gasteiger partial charge in [-0.2, -0.15) is 0 Å². The number of phenolic OH excluding ortho intramolecular Hbond substituents is 1. The normalized spacial score (nSPS) is 15.9. The van der Waals surface area contributed by atoms with Gasteiger partial charge in [0.2, 0.25) is 0 Å². The van der Waals surface area contributed by atoms with E-state index in [1.165, 1.54) is 12.0 Å². The highest BCUT2D eigenvalue weighted by Gasteiger charge is 2.38. The van der Waals surface area contributed by atoms with Crippen molar-refractivity contribution >= 4 is 12.1 Å². The van der Waals surface area contributed by atoms with E-state index in [9.17, 15) is 14.7 Å². The van der Waals surface area contributed by atoms with Crippen LogP contribution in [0.25, 0.3) is 0 Å². The lowest BCUT2D eigenvalue weighted by atomic mass is 9.93. The van der Waals surface area contributed by atoms with Crippen LogP contribution in [-0.2, 0) is 33.8 Å². The molecule has 1 N–H and O–H groups in total. The van der Waals surface area contributed by atoms with Gasteiger partial charge < -0.3 is 19.3 Å². The molecule has 0 fully saturated rings. The maximum absolute atomic E-state index is 12.7. The molecule has 0 saturated carbocycles. The zero-order chi connectivity index (χ0) is 21.9. The standard InChI is InChI=1S/C23H27NO6/c1-23(2,3)30-22(27)24-13-17-11-19(25)20(29-14-15-8-6-5-7-9-15)12-16(17)10-18(24)21(26)28-4/h5-9,11-12,18,25H,10,13-14H2,1-4H3/t18-/m0/s1. The molecule has 1 atom stereocenters. The summed E-state index contributed by atoms with van der Waals surface area (Å²) in [5, 5.41) is 10.4. The molecule has 1 heterocycles. The molecule has 0 radical (unpaired) electrons. The fraction of sp³-hybridized carbons (Fsp3) is 0.391. The number of hydrogen-bond donors (Lipinski definition) is 1. The van der Waals surface area contributed by atoms with Crippen LogP contribution in [0.2, 0.25) is 0 Å². The summed E-state index contributed by atoms with van der Waals surface area (Å²) in [6.07, 6.45) is -0.365. The van der Waals surface area contributed by atoms with Crippen LogP contribution in [0, 0.1) is 0 Å². The second-order valence-electron chi connectivity index (χ2n) is 8.21. The monoisotopic (exact) mass is 413 g/mol. The van der Waals surface area contributed by atoms with Crippen molar-refractivity contribution in [1.29, 1.82) is 0 Å². The highest BCUT2D eigenvalue weighted by Crippen LogP contribution is 2.35. The van der Waals surface area contributed by atoms with Crippen LogP contribution in [0.5, 0.6) is 11.5 Å². The van der Waals surface area contributed by atoms with Crippen LogP contribution in [0.1, 0.15) is 37.5 Å². The fourth-order valence-corrected chi connectivity index (χ4v) is 3.31. The number of phenols is 1. The minimum atomic E-state index is -0.816. The van der Waals surface area contributed by atoms with Gasteiger partial charge in [-0.1, -0.05) is 30.3 Å². The van der Waals surface area contributed by atoms with E-state index < -0.39 is 23.7 Å². The van der Waals surface area contributed by atoms with Crippen molar-refractivity contribution in [2.75, 3.05) is 7.11 Å². The number of esters is 1. The minimum absolute atomic E-state index is 0.0228. The first kappa shape index (κ1) is 21.5. The Morgan fingerprint density at radius 1 is 1.13 bits per heavy atom. The van der Waals surface area contributed by atoms with Crippen molar-refractivity contribution in [3.8, 4) is 11.5 Å². The molecule has 0 aromatic heterocycles. The maximum atomic E-state index is 12.7. The van der Waals surface area contributed by atoms with Crippen molar-refractivity contribution in [1.82, 2.24) is 4.90 Å². The number of methoxy groups -OCH3 is 1. The van der Waals surface area contributed by atoms with Gasteiger partial charge in [-0.05, 0) is 49.6 Å². The third kappa shape index (κ3) is 5.03. The Morgan fingerprint density at radius 2 is 1.83 bits per heavy atom. The van der Waals surface area contributed by atoms with E-state index in [1.807, 2.05) is 30.3 Å². The average Bonchev–Trinajstić information content (AvgIpc) is 2.70. The molecule has 0 spiro atoms. The Kier molecular flexibility index (Phi) is 6.20. The Hall–Kier alpha value is -3.22. The van der Waals surface area contributed by atoms with Gasteiger partial charge in [0.05, 0.1) is 13.7 Å². The quantitative estimate of drug-likeness (QED) is 0.768. The van der Waals surface area contributed by atoms with E-state index in [2.05, 4.69) is 0 Å². The molecule has 1 aliphatic rings. The van der Waals surface area contributed by atoms with Crippen LogP contribution in [0.15, 0.2) is 42.5 Å². The van der Waals surface area contributed by atoms with E-state index in [0.29, 0.717) is 12.4 Å². The molecule has 0 bridgehead atoms. The number of amides is 1. The molecule has 1 amide bonds. The van der Waals surface area contributed by atoms with Gasteiger partial charge in [0.1, 0.15) is 18.2 Å². The Morgan fingerprint density at radius 3 is 2.47 bits per heavy atom. The summed E-state index contributed by atoms with van der Waals surface area (Å²) < 4.78 is 16.1. The van der Waals surface area contributed by atoms with Gasteiger partial charge in [-0.15, -0.1) is 0 Å². The number of carbonyl (C=O) groups excluding carboxylic acids is 2. The van der Waals surface area contributed by atoms with Gasteiger partial charge >= 0.3 is 12.1 Å². The van der Waals surface area contributed by atoms with Crippen LogP contribution in [0.4, 0.5) is 4.79 Å². The molecule has 0 aliphatic carbocycles. The van der Waals surface area contributed by atoms with Crippen LogP contribution >= 0.6 is 0 Å². The predicted octanol–water partition coefficient (Wildman–Crippen LogP) is 3.81. The average molecular weight is 413 g/mol. The third-order valence-corrected chi connectivity index (χ3v) is 4.75. The summed E-state index contributed by atoms with van der Waals surface area (Å²) in [6, 6.07) is 12.1. The lowest BCUT2D eigenvalue weighted by Gasteiger charge is -2.36. The fourth-order valence-electron chi connectivity index (χ4n) is 3.31. The van der Waals surface area contributed by atoms with E-state index in [-0.39, 0.29) is 18.7 Å². The molecule has 2 aromatic carbocycles. The van der Waals surface area contributed by atoms with E-state index >= 15 is 0 Å². The summed E-state index contributed by atoms with van der Waals surface area (Å²) in [5.41, 5.74) is 1.81. The van der Waals surface area contributed by atoms with Gasteiger partial charge in [-0.25, -0.2) is 9.59 Å². The minimum Gasteiger partial charge on any atom is -0.504 e. The molecule has 30 heavy (non-hydrogen) atoms. The maximum Gasteiger partial charge on any atom is 0.411 e. The van der Waals surface area contributed by atoms with Crippen molar-refractivity contribution in [2.24, 2.45) is 0 Å². The van der Waals surface area contributed by atoms with Crippen molar-refractivity contribution in [2.45, 2.75) is 52.0 Å².